The summed E-state index contributed by atoms with van der Waals surface area (Å²) in [6.45, 7) is -0.211. The predicted octanol–water partition coefficient (Wildman–Crippen LogP) is 4.13. The summed E-state index contributed by atoms with van der Waals surface area (Å²) in [5.74, 6) is -1.14. The first kappa shape index (κ1) is 20.2. The van der Waals surface area contributed by atoms with Gasteiger partial charge >= 0.3 is 0 Å². The van der Waals surface area contributed by atoms with Gasteiger partial charge in [-0.1, -0.05) is 23.2 Å². The van der Waals surface area contributed by atoms with Gasteiger partial charge in [0.25, 0.3) is 0 Å². The maximum absolute atomic E-state index is 14.2. The second-order valence-corrected chi connectivity index (χ2v) is 7.98. The van der Waals surface area contributed by atoms with E-state index >= 15 is 0 Å². The Hall–Kier alpha value is -2.06. The lowest BCUT2D eigenvalue weighted by Gasteiger charge is -2.42. The molecule has 3 N–H and O–H groups in total. The van der Waals surface area contributed by atoms with E-state index in [0.717, 1.165) is 17.5 Å². The van der Waals surface area contributed by atoms with Crippen molar-refractivity contribution in [1.82, 2.24) is 4.98 Å². The number of halogens is 4. The summed E-state index contributed by atoms with van der Waals surface area (Å²) in [5, 5.41) is 22.6. The first-order valence-electron chi connectivity index (χ1n) is 8.97. The molecule has 3 aromatic rings. The van der Waals surface area contributed by atoms with E-state index in [9.17, 15) is 19.0 Å². The molecule has 2 atom stereocenters. The highest BCUT2D eigenvalue weighted by atomic mass is 35.5. The van der Waals surface area contributed by atoms with E-state index in [4.69, 9.17) is 27.9 Å². The number of rotatable bonds is 4. The molecule has 0 unspecified atom stereocenters. The van der Waals surface area contributed by atoms with Crippen molar-refractivity contribution in [3.8, 4) is 5.75 Å². The molecule has 0 aliphatic carbocycles. The Morgan fingerprint density at radius 3 is 2.62 bits per heavy atom. The van der Waals surface area contributed by atoms with Crippen molar-refractivity contribution in [3.63, 3.8) is 0 Å². The summed E-state index contributed by atoms with van der Waals surface area (Å²) in [5.41, 5.74) is -1.14. The lowest BCUT2D eigenvalue weighted by atomic mass is 9.89. The number of anilines is 1. The Bertz CT molecular complexity index is 1040. The first-order valence-corrected chi connectivity index (χ1v) is 9.72. The number of benzene rings is 2. The third kappa shape index (κ3) is 3.75. The molecule has 0 saturated carbocycles. The van der Waals surface area contributed by atoms with E-state index < -0.39 is 23.3 Å². The Kier molecular flexibility index (Phi) is 5.33. The number of β-amino-alcohol motifs (C(OH)–C–C–N with tert-alkyl or cyclic N) is 1. The van der Waals surface area contributed by atoms with Gasteiger partial charge in [0.1, 0.15) is 29.7 Å². The number of H-pyrrole nitrogens is 1. The maximum Gasteiger partial charge on any atom is 0.151 e. The molecule has 5 nitrogen and oxygen atoms in total. The van der Waals surface area contributed by atoms with E-state index in [0.29, 0.717) is 16.3 Å². The molecule has 4 rings (SSSR count). The molecule has 0 amide bonds. The number of aliphatic hydroxyl groups excluding tert-OH is 1. The standard InChI is InChI=1S/C20H18Cl2F2N2O3/c21-11-7-14(23)19(15(24)8-11)26-6-4-20(28,17(27)9-26)10-29-16-2-1-13(22)18-12(16)3-5-25-18/h1-3,5,7-8,17,25,27-28H,4,6,9-10H2/t17-,20-/m1/s1. The number of piperidine rings is 1. The van der Waals surface area contributed by atoms with Gasteiger partial charge in [0.05, 0.1) is 10.5 Å². The van der Waals surface area contributed by atoms with Gasteiger partial charge in [0.2, 0.25) is 0 Å². The number of aliphatic hydroxyl groups is 2. The van der Waals surface area contributed by atoms with Gasteiger partial charge in [-0.25, -0.2) is 8.78 Å². The van der Waals surface area contributed by atoms with Crippen LogP contribution in [0.5, 0.6) is 5.75 Å². The third-order valence-corrected chi connectivity index (χ3v) is 5.77. The van der Waals surface area contributed by atoms with Gasteiger partial charge < -0.3 is 24.8 Å². The van der Waals surface area contributed by atoms with E-state index in [1.807, 2.05) is 0 Å². The molecule has 1 aliphatic heterocycles. The van der Waals surface area contributed by atoms with Crippen molar-refractivity contribution in [3.05, 3.63) is 58.2 Å². The second-order valence-electron chi connectivity index (χ2n) is 7.13. The first-order chi connectivity index (χ1) is 13.8. The molecule has 1 aromatic heterocycles. The lowest BCUT2D eigenvalue weighted by molar-refractivity contribution is -0.108. The Morgan fingerprint density at radius 2 is 1.93 bits per heavy atom. The number of ether oxygens (including phenoxy) is 1. The summed E-state index contributed by atoms with van der Waals surface area (Å²) in [4.78, 5) is 4.37. The number of nitrogens with zero attached hydrogens (tertiary/aromatic N) is 1. The maximum atomic E-state index is 14.2. The normalized spacial score (nSPS) is 22.3. The van der Waals surface area contributed by atoms with Gasteiger partial charge in [0.15, 0.2) is 11.6 Å². The summed E-state index contributed by atoms with van der Waals surface area (Å²) < 4.78 is 34.1. The third-order valence-electron chi connectivity index (χ3n) is 5.24. The fourth-order valence-electron chi connectivity index (χ4n) is 3.60. The predicted molar refractivity (Wildman–Crippen MR) is 108 cm³/mol. The minimum atomic E-state index is -1.57. The molecular weight excluding hydrogens is 425 g/mol. The highest BCUT2D eigenvalue weighted by molar-refractivity contribution is 6.35. The highest BCUT2D eigenvalue weighted by Crippen LogP contribution is 2.34. The van der Waals surface area contributed by atoms with Crippen molar-refractivity contribution >= 4 is 39.8 Å². The highest BCUT2D eigenvalue weighted by Gasteiger charge is 2.42. The molecule has 154 valence electrons. The average Bonchev–Trinajstić information content (AvgIpc) is 3.14. The smallest absolute Gasteiger partial charge is 0.151 e. The van der Waals surface area contributed by atoms with Gasteiger partial charge in [-0.2, -0.15) is 0 Å². The van der Waals surface area contributed by atoms with E-state index in [1.54, 1.807) is 24.4 Å². The van der Waals surface area contributed by atoms with E-state index in [2.05, 4.69) is 4.98 Å². The summed E-state index contributed by atoms with van der Waals surface area (Å²) >= 11 is 11.8. The fraction of sp³-hybridized carbons (Fsp3) is 0.300. The molecule has 1 fully saturated rings. The minimum absolute atomic E-state index is 0.0507. The quantitative estimate of drug-likeness (QED) is 0.567. The fourth-order valence-corrected chi connectivity index (χ4v) is 4.01. The van der Waals surface area contributed by atoms with Crippen molar-refractivity contribution in [2.24, 2.45) is 0 Å². The molecule has 9 heteroatoms. The zero-order valence-corrected chi connectivity index (χ0v) is 16.6. The van der Waals surface area contributed by atoms with Crippen molar-refractivity contribution in [1.29, 1.82) is 0 Å². The van der Waals surface area contributed by atoms with Crippen molar-refractivity contribution in [2.45, 2.75) is 18.1 Å². The van der Waals surface area contributed by atoms with Crippen LogP contribution in [0.1, 0.15) is 6.42 Å². The largest absolute Gasteiger partial charge is 0.490 e. The average molecular weight is 443 g/mol. The number of aromatic amines is 1. The van der Waals surface area contributed by atoms with Gasteiger partial charge in [-0.05, 0) is 36.8 Å². The van der Waals surface area contributed by atoms with Crippen LogP contribution < -0.4 is 9.64 Å². The number of hydrogen-bond donors (Lipinski definition) is 3. The van der Waals surface area contributed by atoms with Crippen LogP contribution in [0.4, 0.5) is 14.5 Å². The summed E-state index contributed by atoms with van der Waals surface area (Å²) in [7, 11) is 0. The molecule has 2 heterocycles. The number of aromatic nitrogens is 1. The Labute approximate surface area is 175 Å². The molecule has 0 bridgehead atoms. The monoisotopic (exact) mass is 442 g/mol. The molecule has 0 radical (unpaired) electrons. The SMILES string of the molecule is O[C@@H]1CN(c2c(F)cc(Cl)cc2F)CC[C@@]1(O)COc1ccc(Cl)c2[nH]ccc12. The zero-order valence-electron chi connectivity index (χ0n) is 15.1. The number of nitrogens with one attached hydrogen (secondary N) is 1. The van der Waals surface area contributed by atoms with Gasteiger partial charge in [0, 0.05) is 29.7 Å². The molecule has 1 saturated heterocycles. The number of hydrogen-bond acceptors (Lipinski definition) is 4. The molecule has 29 heavy (non-hydrogen) atoms. The van der Waals surface area contributed by atoms with E-state index in [1.165, 1.54) is 4.90 Å². The van der Waals surface area contributed by atoms with E-state index in [-0.39, 0.29) is 36.8 Å². The number of fused-ring (bicyclic) bond motifs is 1. The van der Waals surface area contributed by atoms with Crippen LogP contribution in [0.25, 0.3) is 10.9 Å². The molecule has 2 aromatic carbocycles. The molecule has 0 spiro atoms. The Morgan fingerprint density at radius 1 is 1.21 bits per heavy atom. The van der Waals surface area contributed by atoms with Crippen LogP contribution >= 0.6 is 23.2 Å². The van der Waals surface area contributed by atoms with Gasteiger partial charge in [-0.15, -0.1) is 0 Å². The minimum Gasteiger partial charge on any atom is -0.490 e. The molecule has 1 aliphatic rings. The van der Waals surface area contributed by atoms with Crippen LogP contribution in [-0.2, 0) is 0 Å². The van der Waals surface area contributed by atoms with Crippen LogP contribution in [-0.4, -0.2) is 46.6 Å². The topological polar surface area (TPSA) is 68.7 Å². The lowest BCUT2D eigenvalue weighted by Crippen LogP contribution is -2.58. The summed E-state index contributed by atoms with van der Waals surface area (Å²) in [6, 6.07) is 7.18. The second kappa shape index (κ2) is 7.65. The molecular formula is C20H18Cl2F2N2O3. The van der Waals surface area contributed by atoms with Crippen LogP contribution in [0.2, 0.25) is 10.0 Å². The van der Waals surface area contributed by atoms with Crippen LogP contribution in [0.3, 0.4) is 0 Å². The van der Waals surface area contributed by atoms with Crippen LogP contribution in [0.15, 0.2) is 36.5 Å². The van der Waals surface area contributed by atoms with Gasteiger partial charge in [-0.3, -0.25) is 0 Å². The zero-order chi connectivity index (χ0) is 20.8. The van der Waals surface area contributed by atoms with Crippen molar-refractivity contribution < 1.29 is 23.7 Å². The van der Waals surface area contributed by atoms with Crippen molar-refractivity contribution in [2.75, 3.05) is 24.6 Å². The summed E-state index contributed by atoms with van der Waals surface area (Å²) in [6.07, 6.45) is 0.500. The van der Waals surface area contributed by atoms with Crippen LogP contribution in [0, 0.1) is 11.6 Å². The Balaban J connectivity index is 1.49.